The number of nitrogens with zero attached hydrogens (tertiary/aromatic N) is 2. The van der Waals surface area contributed by atoms with Gasteiger partial charge in [0.25, 0.3) is 0 Å². The van der Waals surface area contributed by atoms with Crippen LogP contribution in [-0.2, 0) is 11.2 Å². The van der Waals surface area contributed by atoms with Crippen LogP contribution in [0, 0.1) is 6.92 Å². The first-order chi connectivity index (χ1) is 8.61. The lowest BCUT2D eigenvalue weighted by molar-refractivity contribution is -0.136. The van der Waals surface area contributed by atoms with E-state index in [0.717, 1.165) is 17.1 Å². The fraction of sp³-hybridized carbons (Fsp3) is 0.231. The van der Waals surface area contributed by atoms with E-state index in [2.05, 4.69) is 4.98 Å². The number of rotatable bonds is 4. The van der Waals surface area contributed by atoms with Crippen LogP contribution < -0.4 is 4.74 Å². The molecule has 1 aromatic carbocycles. The van der Waals surface area contributed by atoms with Gasteiger partial charge in [0.1, 0.15) is 11.6 Å². The van der Waals surface area contributed by atoms with E-state index in [0.29, 0.717) is 5.75 Å². The number of hydrogen-bond donors (Lipinski definition) is 1. The average Bonchev–Trinajstić information content (AvgIpc) is 2.74. The third-order valence-corrected chi connectivity index (χ3v) is 2.68. The molecule has 2 rings (SSSR count). The molecule has 0 unspecified atom stereocenters. The summed E-state index contributed by atoms with van der Waals surface area (Å²) < 4.78 is 7.15. The van der Waals surface area contributed by atoms with Crippen molar-refractivity contribution < 1.29 is 14.6 Å². The maximum atomic E-state index is 10.7. The Morgan fingerprint density at radius 2 is 2.28 bits per heavy atom. The zero-order valence-corrected chi connectivity index (χ0v) is 10.3. The second kappa shape index (κ2) is 4.91. The summed E-state index contributed by atoms with van der Waals surface area (Å²) in [5.41, 5.74) is 1.53. The first kappa shape index (κ1) is 12.2. The summed E-state index contributed by atoms with van der Waals surface area (Å²) in [7, 11) is 1.59. The number of carbonyl (C=O) groups is 1. The molecule has 94 valence electrons. The van der Waals surface area contributed by atoms with Crippen molar-refractivity contribution >= 4 is 5.97 Å². The van der Waals surface area contributed by atoms with E-state index in [4.69, 9.17) is 9.84 Å². The molecule has 1 N–H and O–H groups in total. The number of carboxylic acids is 1. The van der Waals surface area contributed by atoms with E-state index in [1.54, 1.807) is 25.4 Å². The number of benzene rings is 1. The maximum Gasteiger partial charge on any atom is 0.307 e. The predicted octanol–water partition coefficient (Wildman–Crippen LogP) is 1.82. The molecule has 0 fully saturated rings. The number of methoxy groups -OCH3 is 1. The summed E-state index contributed by atoms with van der Waals surface area (Å²) in [4.78, 5) is 14.9. The Kier molecular flexibility index (Phi) is 3.32. The highest BCUT2D eigenvalue weighted by molar-refractivity contribution is 5.71. The maximum absolute atomic E-state index is 10.7. The van der Waals surface area contributed by atoms with Crippen LogP contribution in [0.2, 0.25) is 0 Å². The molecule has 0 aliphatic carbocycles. The lowest BCUT2D eigenvalue weighted by Crippen LogP contribution is -2.04. The molecule has 1 heterocycles. The largest absolute Gasteiger partial charge is 0.495 e. The van der Waals surface area contributed by atoms with E-state index in [-0.39, 0.29) is 6.42 Å². The van der Waals surface area contributed by atoms with Crippen molar-refractivity contribution in [3.8, 4) is 11.4 Å². The molecule has 0 aliphatic heterocycles. The Balaban J connectivity index is 2.49. The van der Waals surface area contributed by atoms with Crippen LogP contribution >= 0.6 is 0 Å². The Labute approximate surface area is 105 Å². The molecular formula is C13H14N2O3. The van der Waals surface area contributed by atoms with Gasteiger partial charge < -0.3 is 14.4 Å². The Hall–Kier alpha value is -2.30. The molecule has 0 saturated carbocycles. The lowest BCUT2D eigenvalue weighted by atomic mass is 10.1. The minimum absolute atomic E-state index is 0.00919. The Morgan fingerprint density at radius 1 is 1.50 bits per heavy atom. The molecule has 18 heavy (non-hydrogen) atoms. The third kappa shape index (κ3) is 2.34. The molecule has 0 radical (unpaired) electrons. The topological polar surface area (TPSA) is 64.3 Å². The van der Waals surface area contributed by atoms with Crippen molar-refractivity contribution in [3.63, 3.8) is 0 Å². The lowest BCUT2D eigenvalue weighted by Gasteiger charge is -2.12. The number of aromatic nitrogens is 2. The van der Waals surface area contributed by atoms with Gasteiger partial charge in [0.05, 0.1) is 19.2 Å². The van der Waals surface area contributed by atoms with Gasteiger partial charge in [0, 0.05) is 12.4 Å². The molecule has 1 aromatic heterocycles. The quantitative estimate of drug-likeness (QED) is 0.893. The van der Waals surface area contributed by atoms with Gasteiger partial charge in [-0.25, -0.2) is 4.98 Å². The zero-order chi connectivity index (χ0) is 13.1. The van der Waals surface area contributed by atoms with Gasteiger partial charge in [-0.05, 0) is 24.6 Å². The van der Waals surface area contributed by atoms with Crippen LogP contribution in [0.5, 0.6) is 5.75 Å². The summed E-state index contributed by atoms with van der Waals surface area (Å²) in [6.07, 6.45) is 3.50. The summed E-state index contributed by atoms with van der Waals surface area (Å²) in [5.74, 6) is 0.652. The van der Waals surface area contributed by atoms with Gasteiger partial charge in [0.15, 0.2) is 0 Å². The summed E-state index contributed by atoms with van der Waals surface area (Å²) in [5, 5.41) is 8.82. The fourth-order valence-electron chi connectivity index (χ4n) is 1.84. The standard InChI is InChI=1S/C13H14N2O3/c1-9-14-5-6-15(9)11-7-10(8-13(16)17)3-4-12(11)18-2/h3-7H,8H2,1-2H3,(H,16,17). The Bertz CT molecular complexity index is 575. The zero-order valence-electron chi connectivity index (χ0n) is 10.3. The minimum atomic E-state index is -0.853. The number of imidazole rings is 1. The molecule has 0 aliphatic rings. The molecule has 0 bridgehead atoms. The van der Waals surface area contributed by atoms with Gasteiger partial charge in [-0.1, -0.05) is 6.07 Å². The molecule has 2 aromatic rings. The molecule has 0 amide bonds. The number of aliphatic carboxylic acids is 1. The van der Waals surface area contributed by atoms with Crippen molar-refractivity contribution in [2.24, 2.45) is 0 Å². The van der Waals surface area contributed by atoms with Crippen LogP contribution in [0.15, 0.2) is 30.6 Å². The van der Waals surface area contributed by atoms with Crippen LogP contribution in [-0.4, -0.2) is 27.7 Å². The SMILES string of the molecule is COc1ccc(CC(=O)O)cc1-n1ccnc1C. The van der Waals surface area contributed by atoms with Gasteiger partial charge in [-0.2, -0.15) is 0 Å². The Morgan fingerprint density at radius 3 is 2.83 bits per heavy atom. The normalized spacial score (nSPS) is 10.3. The molecule has 5 heteroatoms. The van der Waals surface area contributed by atoms with Crippen LogP contribution in [0.3, 0.4) is 0 Å². The highest BCUT2D eigenvalue weighted by atomic mass is 16.5. The minimum Gasteiger partial charge on any atom is -0.495 e. The monoisotopic (exact) mass is 246 g/mol. The van der Waals surface area contributed by atoms with Gasteiger partial charge in [0.2, 0.25) is 0 Å². The fourth-order valence-corrected chi connectivity index (χ4v) is 1.84. The smallest absolute Gasteiger partial charge is 0.307 e. The van der Waals surface area contributed by atoms with Crippen molar-refractivity contribution in [3.05, 3.63) is 42.0 Å². The van der Waals surface area contributed by atoms with Crippen molar-refractivity contribution in [2.45, 2.75) is 13.3 Å². The first-order valence-corrected chi connectivity index (χ1v) is 5.51. The first-order valence-electron chi connectivity index (χ1n) is 5.51. The molecule has 0 saturated heterocycles. The van der Waals surface area contributed by atoms with E-state index < -0.39 is 5.97 Å². The highest BCUT2D eigenvalue weighted by Gasteiger charge is 2.10. The van der Waals surface area contributed by atoms with E-state index >= 15 is 0 Å². The van der Waals surface area contributed by atoms with Crippen LogP contribution in [0.4, 0.5) is 0 Å². The molecule has 0 spiro atoms. The van der Waals surface area contributed by atoms with Crippen molar-refractivity contribution in [2.75, 3.05) is 7.11 Å². The van der Waals surface area contributed by atoms with Gasteiger partial charge >= 0.3 is 5.97 Å². The van der Waals surface area contributed by atoms with E-state index in [1.807, 2.05) is 23.8 Å². The number of ether oxygens (including phenoxy) is 1. The van der Waals surface area contributed by atoms with Crippen LogP contribution in [0.25, 0.3) is 5.69 Å². The van der Waals surface area contributed by atoms with E-state index in [1.165, 1.54) is 0 Å². The second-order valence-electron chi connectivity index (χ2n) is 3.92. The average molecular weight is 246 g/mol. The van der Waals surface area contributed by atoms with Crippen molar-refractivity contribution in [1.29, 1.82) is 0 Å². The highest BCUT2D eigenvalue weighted by Crippen LogP contribution is 2.25. The summed E-state index contributed by atoms with van der Waals surface area (Å²) in [6, 6.07) is 5.33. The van der Waals surface area contributed by atoms with Gasteiger partial charge in [-0.3, -0.25) is 4.79 Å². The predicted molar refractivity (Wildman–Crippen MR) is 66.2 cm³/mol. The molecular weight excluding hydrogens is 232 g/mol. The number of aryl methyl sites for hydroxylation is 1. The number of hydrogen-bond acceptors (Lipinski definition) is 3. The second-order valence-corrected chi connectivity index (χ2v) is 3.92. The van der Waals surface area contributed by atoms with Crippen LogP contribution in [0.1, 0.15) is 11.4 Å². The third-order valence-electron chi connectivity index (χ3n) is 2.68. The van der Waals surface area contributed by atoms with Crippen molar-refractivity contribution in [1.82, 2.24) is 9.55 Å². The molecule has 0 atom stereocenters. The van der Waals surface area contributed by atoms with Gasteiger partial charge in [-0.15, -0.1) is 0 Å². The molecule has 5 nitrogen and oxygen atoms in total. The van der Waals surface area contributed by atoms with E-state index in [9.17, 15) is 4.79 Å². The summed E-state index contributed by atoms with van der Waals surface area (Å²) >= 11 is 0. The number of carboxylic acid groups (broad SMARTS) is 1. The summed E-state index contributed by atoms with van der Waals surface area (Å²) in [6.45, 7) is 1.88.